The Kier molecular flexibility index (Phi) is 4.00. The topological polar surface area (TPSA) is 26.0 Å². The summed E-state index contributed by atoms with van der Waals surface area (Å²) in [5.41, 5.74) is 4.85. The van der Waals surface area contributed by atoms with Crippen LogP contribution in [0.2, 0.25) is 0 Å². The third kappa shape index (κ3) is 2.88. The first-order valence-electron chi connectivity index (χ1n) is 4.52. The third-order valence-electron chi connectivity index (χ3n) is 1.66. The molecule has 1 nitrogen and oxygen atoms in total. The number of fused-ring (bicyclic) bond motifs is 1. The molecule has 68 valence electrons. The van der Waals surface area contributed by atoms with Gasteiger partial charge in [-0.1, -0.05) is 55.5 Å². The molecule has 0 aromatic heterocycles. The van der Waals surface area contributed by atoms with Gasteiger partial charge in [-0.25, -0.2) is 0 Å². The molecule has 1 heteroatoms. The first-order chi connectivity index (χ1) is 6.38. The molecule has 0 saturated heterocycles. The number of benzene rings is 2. The number of nitrogens with two attached hydrogens (primary N) is 1. The molecule has 0 spiro atoms. The van der Waals surface area contributed by atoms with Gasteiger partial charge in [-0.05, 0) is 17.3 Å². The van der Waals surface area contributed by atoms with Crippen LogP contribution >= 0.6 is 0 Å². The SMILES string of the molecule is CCN.c1ccc2ccccc2c1. The summed E-state index contributed by atoms with van der Waals surface area (Å²) in [7, 11) is 0. The Hall–Kier alpha value is -1.34. The lowest BCUT2D eigenvalue weighted by atomic mass is 10.1. The molecule has 2 aromatic rings. The van der Waals surface area contributed by atoms with Gasteiger partial charge >= 0.3 is 0 Å². The van der Waals surface area contributed by atoms with Gasteiger partial charge in [-0.3, -0.25) is 0 Å². The van der Waals surface area contributed by atoms with Gasteiger partial charge in [0.25, 0.3) is 0 Å². The van der Waals surface area contributed by atoms with Crippen LogP contribution in [0.1, 0.15) is 6.92 Å². The highest BCUT2D eigenvalue weighted by Crippen LogP contribution is 2.11. The van der Waals surface area contributed by atoms with Crippen LogP contribution in [-0.4, -0.2) is 6.54 Å². The Morgan fingerprint density at radius 2 is 1.08 bits per heavy atom. The van der Waals surface area contributed by atoms with Crippen molar-refractivity contribution in [3.05, 3.63) is 48.5 Å². The summed E-state index contributed by atoms with van der Waals surface area (Å²) in [6.07, 6.45) is 0. The first-order valence-corrected chi connectivity index (χ1v) is 4.52. The van der Waals surface area contributed by atoms with E-state index in [1.165, 1.54) is 10.8 Å². The predicted molar refractivity (Wildman–Crippen MR) is 58.7 cm³/mol. The van der Waals surface area contributed by atoms with Gasteiger partial charge in [-0.15, -0.1) is 0 Å². The zero-order valence-electron chi connectivity index (χ0n) is 7.90. The zero-order valence-corrected chi connectivity index (χ0v) is 7.90. The Labute approximate surface area is 79.2 Å². The van der Waals surface area contributed by atoms with E-state index in [1.807, 2.05) is 6.92 Å². The minimum absolute atomic E-state index is 0.750. The van der Waals surface area contributed by atoms with E-state index in [-0.39, 0.29) is 0 Å². The molecule has 0 saturated carbocycles. The Morgan fingerprint density at radius 3 is 1.31 bits per heavy atom. The maximum absolute atomic E-state index is 4.85. The van der Waals surface area contributed by atoms with Gasteiger partial charge in [0.05, 0.1) is 0 Å². The van der Waals surface area contributed by atoms with Gasteiger partial charge in [-0.2, -0.15) is 0 Å². The average molecular weight is 173 g/mol. The molecule has 0 bridgehead atoms. The average Bonchev–Trinajstić information content (AvgIpc) is 2.19. The van der Waals surface area contributed by atoms with E-state index in [4.69, 9.17) is 5.73 Å². The highest BCUT2D eigenvalue weighted by molar-refractivity contribution is 5.81. The van der Waals surface area contributed by atoms with Crippen LogP contribution in [-0.2, 0) is 0 Å². The summed E-state index contributed by atoms with van der Waals surface area (Å²) in [4.78, 5) is 0. The Morgan fingerprint density at radius 1 is 0.846 bits per heavy atom. The fraction of sp³-hybridized carbons (Fsp3) is 0.167. The van der Waals surface area contributed by atoms with Crippen LogP contribution in [0.15, 0.2) is 48.5 Å². The zero-order chi connectivity index (χ0) is 9.52. The second-order valence-corrected chi connectivity index (χ2v) is 2.76. The molecule has 0 unspecified atom stereocenters. The Bertz CT molecular complexity index is 289. The standard InChI is InChI=1S/C10H8.C2H7N/c1-2-6-10-8-4-3-7-9(10)5-1;1-2-3/h1-8H;2-3H2,1H3. The van der Waals surface area contributed by atoms with Crippen molar-refractivity contribution in [2.75, 3.05) is 6.54 Å². The van der Waals surface area contributed by atoms with E-state index >= 15 is 0 Å². The normalized spacial score (nSPS) is 9.08. The van der Waals surface area contributed by atoms with Crippen LogP contribution in [0.25, 0.3) is 10.8 Å². The van der Waals surface area contributed by atoms with Crippen molar-refractivity contribution >= 4 is 10.8 Å². The van der Waals surface area contributed by atoms with Crippen molar-refractivity contribution in [1.82, 2.24) is 0 Å². The van der Waals surface area contributed by atoms with Gasteiger partial charge in [0.15, 0.2) is 0 Å². The molecule has 0 atom stereocenters. The van der Waals surface area contributed by atoms with Crippen molar-refractivity contribution in [2.24, 2.45) is 5.73 Å². The van der Waals surface area contributed by atoms with Gasteiger partial charge in [0.2, 0.25) is 0 Å². The highest BCUT2D eigenvalue weighted by Gasteiger charge is 1.85. The second-order valence-electron chi connectivity index (χ2n) is 2.76. The summed E-state index contributed by atoms with van der Waals surface area (Å²) in [5.74, 6) is 0. The van der Waals surface area contributed by atoms with Gasteiger partial charge < -0.3 is 5.73 Å². The third-order valence-corrected chi connectivity index (χ3v) is 1.66. The number of rotatable bonds is 0. The van der Waals surface area contributed by atoms with Crippen LogP contribution in [0, 0.1) is 0 Å². The van der Waals surface area contributed by atoms with Crippen molar-refractivity contribution in [2.45, 2.75) is 6.92 Å². The molecule has 0 aliphatic rings. The molecule has 2 aromatic carbocycles. The van der Waals surface area contributed by atoms with E-state index in [9.17, 15) is 0 Å². The molecule has 2 N–H and O–H groups in total. The van der Waals surface area contributed by atoms with E-state index in [0.29, 0.717) is 0 Å². The van der Waals surface area contributed by atoms with Crippen LogP contribution < -0.4 is 5.73 Å². The lowest BCUT2D eigenvalue weighted by Crippen LogP contribution is -1.87. The second kappa shape index (κ2) is 5.33. The molecule has 0 aliphatic carbocycles. The molecule has 0 radical (unpaired) electrons. The summed E-state index contributed by atoms with van der Waals surface area (Å²) < 4.78 is 0. The maximum atomic E-state index is 4.85. The van der Waals surface area contributed by atoms with Crippen molar-refractivity contribution in [3.8, 4) is 0 Å². The van der Waals surface area contributed by atoms with Crippen molar-refractivity contribution in [3.63, 3.8) is 0 Å². The molecule has 0 amide bonds. The van der Waals surface area contributed by atoms with Crippen molar-refractivity contribution in [1.29, 1.82) is 0 Å². The van der Waals surface area contributed by atoms with Crippen LogP contribution in [0.5, 0.6) is 0 Å². The molecular formula is C12H15N. The minimum atomic E-state index is 0.750. The van der Waals surface area contributed by atoms with E-state index in [2.05, 4.69) is 48.5 Å². The Balaban J connectivity index is 0.000000251. The lowest BCUT2D eigenvalue weighted by Gasteiger charge is -1.92. The van der Waals surface area contributed by atoms with Crippen molar-refractivity contribution < 1.29 is 0 Å². The van der Waals surface area contributed by atoms with Gasteiger partial charge in [0.1, 0.15) is 0 Å². The molecule has 0 heterocycles. The van der Waals surface area contributed by atoms with E-state index < -0.39 is 0 Å². The van der Waals surface area contributed by atoms with Crippen LogP contribution in [0.3, 0.4) is 0 Å². The van der Waals surface area contributed by atoms with E-state index in [0.717, 1.165) is 6.54 Å². The highest BCUT2D eigenvalue weighted by atomic mass is 14.5. The maximum Gasteiger partial charge on any atom is -0.0106 e. The molecule has 2 rings (SSSR count). The summed E-state index contributed by atoms with van der Waals surface area (Å²) >= 11 is 0. The summed E-state index contributed by atoms with van der Waals surface area (Å²) in [6.45, 7) is 2.65. The number of hydrogen-bond donors (Lipinski definition) is 1. The fourth-order valence-electron chi connectivity index (χ4n) is 1.13. The lowest BCUT2D eigenvalue weighted by molar-refractivity contribution is 1.14. The van der Waals surface area contributed by atoms with Gasteiger partial charge in [0, 0.05) is 0 Å². The monoisotopic (exact) mass is 173 g/mol. The molecule has 0 fully saturated rings. The predicted octanol–water partition coefficient (Wildman–Crippen LogP) is 2.80. The first kappa shape index (κ1) is 9.75. The molecule has 0 aliphatic heterocycles. The fourth-order valence-corrected chi connectivity index (χ4v) is 1.13. The number of hydrogen-bond acceptors (Lipinski definition) is 1. The molecule has 13 heavy (non-hydrogen) atoms. The summed E-state index contributed by atoms with van der Waals surface area (Å²) in [5, 5.41) is 2.62. The summed E-state index contributed by atoms with van der Waals surface area (Å²) in [6, 6.07) is 16.7. The quantitative estimate of drug-likeness (QED) is 0.651. The minimum Gasteiger partial charge on any atom is -0.331 e. The van der Waals surface area contributed by atoms with Crippen LogP contribution in [0.4, 0.5) is 0 Å². The largest absolute Gasteiger partial charge is 0.331 e. The van der Waals surface area contributed by atoms with E-state index in [1.54, 1.807) is 0 Å². The molecular weight excluding hydrogens is 158 g/mol. The smallest absolute Gasteiger partial charge is 0.0106 e.